The molecule has 0 radical (unpaired) electrons. The third kappa shape index (κ3) is 5.63. The molecule has 1 aliphatic rings. The highest BCUT2D eigenvalue weighted by molar-refractivity contribution is 8.13. The van der Waals surface area contributed by atoms with E-state index in [0.29, 0.717) is 23.7 Å². The topological polar surface area (TPSA) is 184 Å². The van der Waals surface area contributed by atoms with Gasteiger partial charge in [0.2, 0.25) is 4.24 Å². The molecule has 1 aromatic carbocycles. The second-order valence-corrected chi connectivity index (χ2v) is 11.7. The second kappa shape index (κ2) is 9.95. The number of hydrogen-bond acceptors (Lipinski definition) is 9. The summed E-state index contributed by atoms with van der Waals surface area (Å²) in [4.78, 5) is 17.6. The zero-order chi connectivity index (χ0) is 28.8. The van der Waals surface area contributed by atoms with Gasteiger partial charge in [-0.3, -0.25) is 14.5 Å². The molecule has 0 fully saturated rings. The molecule has 0 spiro atoms. The molecule has 2 aromatic rings. The number of amidine groups is 1. The van der Waals surface area contributed by atoms with Crippen LogP contribution in [-0.2, 0) is 26.2 Å². The Balaban J connectivity index is 2.27. The number of alkyl halides is 3. The lowest BCUT2D eigenvalue weighted by atomic mass is 10.0. The van der Waals surface area contributed by atoms with Gasteiger partial charge in [0.15, 0.2) is 11.6 Å². The van der Waals surface area contributed by atoms with Gasteiger partial charge in [0, 0.05) is 14.1 Å². The maximum Gasteiger partial charge on any atom is 0.417 e. The Morgan fingerprint density at radius 2 is 1.89 bits per heavy atom. The van der Waals surface area contributed by atoms with Gasteiger partial charge in [0.25, 0.3) is 26.0 Å². The minimum absolute atomic E-state index is 0.267. The average Bonchev–Trinajstić information content (AvgIpc) is 3.31. The first-order valence-electron chi connectivity index (χ1n) is 10.7. The van der Waals surface area contributed by atoms with Gasteiger partial charge < -0.3 is 19.7 Å². The van der Waals surface area contributed by atoms with Crippen LogP contribution in [0.3, 0.4) is 0 Å². The van der Waals surface area contributed by atoms with E-state index in [1.807, 2.05) is 4.72 Å². The van der Waals surface area contributed by atoms with E-state index in [4.69, 9.17) is 9.56 Å². The number of nitrogens with zero attached hydrogens (tertiary/aromatic N) is 2. The number of rotatable bonds is 7. The Morgan fingerprint density at radius 1 is 1.26 bits per heavy atom. The molecule has 5 N–H and O–H groups in total. The van der Waals surface area contributed by atoms with Crippen molar-refractivity contribution >= 4 is 37.5 Å². The molecule has 1 amide bonds. The van der Waals surface area contributed by atoms with Gasteiger partial charge in [0.05, 0.1) is 16.8 Å². The maximum absolute atomic E-state index is 13.6. The fraction of sp³-hybridized carbons (Fsp3) is 0.333. The van der Waals surface area contributed by atoms with Crippen LogP contribution in [0.4, 0.5) is 18.9 Å². The molecule has 0 saturated heterocycles. The Labute approximate surface area is 216 Å². The summed E-state index contributed by atoms with van der Waals surface area (Å²) in [6.45, 7) is 3.35. The maximum atomic E-state index is 13.6. The van der Waals surface area contributed by atoms with Gasteiger partial charge in [-0.2, -0.15) is 13.2 Å². The quantitative estimate of drug-likeness (QED) is 0.360. The molecule has 3 rings (SSSR count). The van der Waals surface area contributed by atoms with Crippen molar-refractivity contribution in [3.8, 4) is 5.75 Å². The van der Waals surface area contributed by atoms with Gasteiger partial charge in [0.1, 0.15) is 23.3 Å². The molecule has 208 valence electrons. The normalized spacial score (nSPS) is 17.4. The number of phenols is 1. The van der Waals surface area contributed by atoms with E-state index in [1.165, 1.54) is 0 Å². The van der Waals surface area contributed by atoms with Crippen LogP contribution in [0.5, 0.6) is 5.75 Å². The van der Waals surface area contributed by atoms with Gasteiger partial charge in [-0.25, -0.2) is 22.0 Å². The van der Waals surface area contributed by atoms with Crippen molar-refractivity contribution in [2.45, 2.75) is 32.5 Å². The van der Waals surface area contributed by atoms with E-state index in [9.17, 15) is 39.9 Å². The summed E-state index contributed by atoms with van der Waals surface area (Å²) in [5.74, 6) is -2.15. The highest BCUT2D eigenvalue weighted by Crippen LogP contribution is 2.41. The van der Waals surface area contributed by atoms with Crippen LogP contribution in [0.25, 0.3) is 0 Å². The largest absolute Gasteiger partial charge is 0.505 e. The highest BCUT2D eigenvalue weighted by atomic mass is 32.3. The van der Waals surface area contributed by atoms with Gasteiger partial charge in [-0.15, -0.1) is 0 Å². The number of phenolic OH excluding ortho intramolecular Hbond substituents is 1. The molecule has 1 unspecified atom stereocenters. The molecule has 17 heteroatoms. The van der Waals surface area contributed by atoms with Gasteiger partial charge in [-0.1, -0.05) is 6.92 Å². The summed E-state index contributed by atoms with van der Waals surface area (Å²) in [5, 5.41) is 18.1. The molecule has 1 aromatic heterocycles. The van der Waals surface area contributed by atoms with Crippen LogP contribution >= 0.6 is 0 Å². The number of aliphatic imine (C=N–C) groups is 1. The second-order valence-electron chi connectivity index (χ2n) is 8.37. The Morgan fingerprint density at radius 3 is 2.37 bits per heavy atom. The van der Waals surface area contributed by atoms with Crippen LogP contribution < -0.4 is 15.2 Å². The number of amides is 1. The molecule has 1 atom stereocenters. The minimum atomic E-state index is -5.04. The number of anilines is 1. The number of carbonyl (C=O) groups excluding carboxylic acids is 1. The van der Waals surface area contributed by atoms with E-state index in [2.05, 4.69) is 10.3 Å². The van der Waals surface area contributed by atoms with Crippen LogP contribution in [0.1, 0.15) is 46.8 Å². The fourth-order valence-electron chi connectivity index (χ4n) is 3.60. The number of furan rings is 1. The zero-order valence-electron chi connectivity index (χ0n) is 20.4. The Bertz CT molecular complexity index is 1560. The highest BCUT2D eigenvalue weighted by Gasteiger charge is 2.43. The number of nitrogens with one attached hydrogen (secondary N) is 2. The molecule has 0 bridgehead atoms. The minimum Gasteiger partial charge on any atom is -0.505 e. The molecular weight excluding hydrogens is 555 g/mol. The third-order valence-electron chi connectivity index (χ3n) is 5.30. The zero-order valence-corrected chi connectivity index (χ0v) is 22.0. The van der Waals surface area contributed by atoms with Crippen molar-refractivity contribution in [2.24, 2.45) is 10.1 Å². The van der Waals surface area contributed by atoms with Crippen LogP contribution in [0.2, 0.25) is 0 Å². The van der Waals surface area contributed by atoms with Crippen LogP contribution in [0, 0.1) is 6.92 Å². The van der Waals surface area contributed by atoms with E-state index < -0.39 is 76.5 Å². The van der Waals surface area contributed by atoms with Gasteiger partial charge >= 0.3 is 6.18 Å². The number of nitrogens with two attached hydrogens (primary N) is 1. The molecule has 1 aliphatic heterocycles. The first kappa shape index (κ1) is 29.0. The Kier molecular flexibility index (Phi) is 7.59. The molecular formula is C21H24F3N5O7S2. The SMILES string of the molecule is CCC(N=C1NS(=O)(=O)C(S(N)(=O)=O)=C1Nc1ccc(C(F)(F)F)c(C(=O)N(C)C)c1O)c1ccc(C)o1. The van der Waals surface area contributed by atoms with Crippen molar-refractivity contribution in [1.82, 2.24) is 9.62 Å². The van der Waals surface area contributed by atoms with Crippen LogP contribution in [0.15, 0.2) is 43.6 Å². The number of primary sulfonamides is 1. The Hall–Kier alpha value is -3.57. The van der Waals surface area contributed by atoms with Crippen molar-refractivity contribution in [3.05, 3.63) is 56.8 Å². The summed E-state index contributed by atoms with van der Waals surface area (Å²) in [7, 11) is -7.48. The van der Waals surface area contributed by atoms with E-state index in [-0.39, 0.29) is 6.42 Å². The van der Waals surface area contributed by atoms with Crippen molar-refractivity contribution in [1.29, 1.82) is 0 Å². The summed E-state index contributed by atoms with van der Waals surface area (Å²) < 4.78 is 96.9. The molecule has 0 aliphatic carbocycles. The van der Waals surface area contributed by atoms with Crippen molar-refractivity contribution in [2.75, 3.05) is 19.4 Å². The lowest BCUT2D eigenvalue weighted by molar-refractivity contribution is -0.138. The number of hydrogen-bond donors (Lipinski definition) is 4. The van der Waals surface area contributed by atoms with E-state index >= 15 is 0 Å². The predicted molar refractivity (Wildman–Crippen MR) is 131 cm³/mol. The van der Waals surface area contributed by atoms with E-state index in [1.54, 1.807) is 26.0 Å². The van der Waals surface area contributed by atoms with Crippen molar-refractivity contribution < 1.29 is 44.3 Å². The first-order chi connectivity index (χ1) is 17.4. The van der Waals surface area contributed by atoms with Crippen molar-refractivity contribution in [3.63, 3.8) is 0 Å². The third-order valence-corrected chi connectivity index (χ3v) is 8.53. The number of carbonyl (C=O) groups is 1. The number of benzene rings is 1. The standard InChI is InChI=1S/C21H24F3N5O7S2/c1-5-12(14-9-6-10(2)36-14)27-18-16(20(37(25,32)33)38(34,35)28-18)26-13-8-7-11(21(22,23)24)15(17(13)30)19(31)29(3)4/h6-9,12,26,30H,5H2,1-4H3,(H,27,28)(H2,25,32,33). The fourth-order valence-corrected chi connectivity index (χ4v) is 6.30. The lowest BCUT2D eigenvalue weighted by Gasteiger charge is -2.20. The molecule has 2 heterocycles. The molecule has 12 nitrogen and oxygen atoms in total. The summed E-state index contributed by atoms with van der Waals surface area (Å²) in [5.41, 5.74) is -4.00. The molecule has 38 heavy (non-hydrogen) atoms. The van der Waals surface area contributed by atoms with Crippen LogP contribution in [-0.4, -0.2) is 52.7 Å². The summed E-state index contributed by atoms with van der Waals surface area (Å²) in [6.07, 6.45) is -4.77. The number of aromatic hydroxyl groups is 1. The summed E-state index contributed by atoms with van der Waals surface area (Å²) in [6, 6.07) is 3.57. The first-order valence-corrected chi connectivity index (χ1v) is 13.8. The lowest BCUT2D eigenvalue weighted by Crippen LogP contribution is -2.28. The smallest absolute Gasteiger partial charge is 0.417 e. The number of aryl methyl sites for hydroxylation is 1. The average molecular weight is 580 g/mol. The van der Waals surface area contributed by atoms with E-state index in [0.717, 1.165) is 19.0 Å². The number of sulfonamides is 2. The number of halogens is 3. The van der Waals surface area contributed by atoms with Gasteiger partial charge in [-0.05, 0) is 37.6 Å². The predicted octanol–water partition coefficient (Wildman–Crippen LogP) is 2.37. The molecule has 0 saturated carbocycles. The monoisotopic (exact) mass is 579 g/mol. The summed E-state index contributed by atoms with van der Waals surface area (Å²) >= 11 is 0.